The third-order valence-corrected chi connectivity index (χ3v) is 2.50. The molecule has 0 bridgehead atoms. The van der Waals surface area contributed by atoms with Crippen molar-refractivity contribution in [2.24, 2.45) is 5.41 Å². The van der Waals surface area contributed by atoms with E-state index in [1.165, 1.54) is 12.1 Å². The van der Waals surface area contributed by atoms with Gasteiger partial charge >= 0.3 is 0 Å². The molecule has 0 heterocycles. The Hall–Kier alpha value is -1.03. The van der Waals surface area contributed by atoms with E-state index in [0.29, 0.717) is 0 Å². The Morgan fingerprint density at radius 1 is 1.20 bits per heavy atom. The van der Waals surface area contributed by atoms with Crippen molar-refractivity contribution in [1.29, 1.82) is 0 Å². The molecule has 1 aromatic rings. The third kappa shape index (κ3) is 4.34. The van der Waals surface area contributed by atoms with E-state index < -0.39 is 0 Å². The first-order valence-corrected chi connectivity index (χ1v) is 4.87. The summed E-state index contributed by atoms with van der Waals surface area (Å²) in [6.45, 7) is 6.10. The molecule has 1 rings (SSSR count). The van der Waals surface area contributed by atoms with Crippen molar-refractivity contribution in [3.8, 4) is 0 Å². The van der Waals surface area contributed by atoms with E-state index >= 15 is 0 Å². The van der Waals surface area contributed by atoms with Crippen molar-refractivity contribution >= 4 is 22.9 Å². The van der Waals surface area contributed by atoms with Crippen LogP contribution in [0.25, 0.3) is 0 Å². The maximum Gasteiger partial charge on any atom is 0.123 e. The minimum Gasteiger partial charge on any atom is -0.350 e. The number of thiocarbonyl (C=S) groups is 1. The summed E-state index contributed by atoms with van der Waals surface area (Å²) in [5, 5.41) is 3.07. The molecule has 0 amide bonds. The highest BCUT2D eigenvalue weighted by Gasteiger charge is 2.16. The molecule has 0 unspecified atom stereocenters. The molecular formula is C11H15F2NS. The highest BCUT2D eigenvalue weighted by atomic mass is 32.1. The summed E-state index contributed by atoms with van der Waals surface area (Å²) in [4.78, 5) is 0.754. The largest absolute Gasteiger partial charge is 0.350 e. The number of benzene rings is 1. The van der Waals surface area contributed by atoms with Crippen LogP contribution in [0, 0.1) is 11.2 Å². The quantitative estimate of drug-likeness (QED) is 0.738. The van der Waals surface area contributed by atoms with Gasteiger partial charge in [-0.05, 0) is 24.3 Å². The van der Waals surface area contributed by atoms with Gasteiger partial charge in [-0.15, -0.1) is 0 Å². The molecule has 0 aliphatic heterocycles. The predicted molar refractivity (Wildman–Crippen MR) is 64.6 cm³/mol. The summed E-state index contributed by atoms with van der Waals surface area (Å²) < 4.78 is 12.6. The Morgan fingerprint density at radius 2 is 1.67 bits per heavy atom. The van der Waals surface area contributed by atoms with Gasteiger partial charge in [0.25, 0.3) is 0 Å². The van der Waals surface area contributed by atoms with Gasteiger partial charge in [-0.25, -0.2) is 4.39 Å². The number of rotatable bonds is 1. The minimum absolute atomic E-state index is 0. The summed E-state index contributed by atoms with van der Waals surface area (Å²) in [6, 6.07) is 6.17. The first-order valence-electron chi connectivity index (χ1n) is 4.46. The van der Waals surface area contributed by atoms with Crippen LogP contribution < -0.4 is 5.32 Å². The van der Waals surface area contributed by atoms with Crippen molar-refractivity contribution in [3.05, 3.63) is 30.1 Å². The molecule has 0 aliphatic rings. The summed E-state index contributed by atoms with van der Waals surface area (Å²) in [7, 11) is 0. The SMILES string of the molecule is CC(C)(C)C(=S)Nc1ccc(F)cc1.F. The Balaban J connectivity index is 0.00000196. The summed E-state index contributed by atoms with van der Waals surface area (Å²) >= 11 is 5.20. The lowest BCUT2D eigenvalue weighted by atomic mass is 9.96. The van der Waals surface area contributed by atoms with E-state index in [1.54, 1.807) is 12.1 Å². The van der Waals surface area contributed by atoms with Crippen LogP contribution in [0.2, 0.25) is 0 Å². The molecule has 1 aromatic carbocycles. The molecule has 0 spiro atoms. The maximum absolute atomic E-state index is 12.6. The Kier molecular flexibility index (Phi) is 4.81. The summed E-state index contributed by atoms with van der Waals surface area (Å²) in [5.74, 6) is -0.239. The lowest BCUT2D eigenvalue weighted by Gasteiger charge is -2.21. The second-order valence-corrected chi connectivity index (χ2v) is 4.62. The van der Waals surface area contributed by atoms with E-state index in [4.69, 9.17) is 12.2 Å². The maximum atomic E-state index is 12.6. The van der Waals surface area contributed by atoms with Crippen LogP contribution in [-0.2, 0) is 0 Å². The molecule has 0 aliphatic carbocycles. The molecule has 4 heteroatoms. The van der Waals surface area contributed by atoms with Crippen LogP contribution in [-0.4, -0.2) is 4.99 Å². The number of anilines is 1. The number of hydrogen-bond donors (Lipinski definition) is 1. The number of hydrogen-bond acceptors (Lipinski definition) is 1. The molecular weight excluding hydrogens is 216 g/mol. The molecule has 15 heavy (non-hydrogen) atoms. The molecule has 0 saturated heterocycles. The Labute approximate surface area is 94.1 Å². The average molecular weight is 231 g/mol. The lowest BCUT2D eigenvalue weighted by Crippen LogP contribution is -2.25. The van der Waals surface area contributed by atoms with Crippen molar-refractivity contribution in [3.63, 3.8) is 0 Å². The van der Waals surface area contributed by atoms with Gasteiger partial charge in [-0.3, -0.25) is 4.70 Å². The topological polar surface area (TPSA) is 12.0 Å². The second-order valence-electron chi connectivity index (χ2n) is 4.21. The molecule has 84 valence electrons. The van der Waals surface area contributed by atoms with Crippen LogP contribution in [0.4, 0.5) is 14.8 Å². The molecule has 0 fully saturated rings. The molecule has 0 atom stereocenters. The smallest absolute Gasteiger partial charge is 0.123 e. The van der Waals surface area contributed by atoms with Gasteiger partial charge in [0.05, 0.1) is 4.99 Å². The molecule has 1 nitrogen and oxygen atoms in total. The zero-order valence-electron chi connectivity index (χ0n) is 9.00. The van der Waals surface area contributed by atoms with Crippen LogP contribution in [0.3, 0.4) is 0 Å². The standard InChI is InChI=1S/C11H14FNS.FH/c1-11(2,3)10(14)13-9-6-4-8(12)5-7-9;/h4-7H,1-3H3,(H,13,14);1H. The monoisotopic (exact) mass is 231 g/mol. The molecule has 0 saturated carbocycles. The van der Waals surface area contributed by atoms with E-state index in [9.17, 15) is 4.39 Å². The van der Waals surface area contributed by atoms with E-state index in [0.717, 1.165) is 10.7 Å². The van der Waals surface area contributed by atoms with Crippen molar-refractivity contribution < 1.29 is 9.09 Å². The van der Waals surface area contributed by atoms with E-state index in [-0.39, 0.29) is 15.9 Å². The van der Waals surface area contributed by atoms with Crippen LogP contribution in [0.5, 0.6) is 0 Å². The molecule has 0 radical (unpaired) electrons. The van der Waals surface area contributed by atoms with Gasteiger partial charge < -0.3 is 5.32 Å². The van der Waals surface area contributed by atoms with Crippen molar-refractivity contribution in [2.75, 3.05) is 5.32 Å². The van der Waals surface area contributed by atoms with E-state index in [2.05, 4.69) is 5.32 Å². The van der Waals surface area contributed by atoms with Gasteiger partial charge in [0, 0.05) is 11.1 Å². The second kappa shape index (κ2) is 5.16. The highest BCUT2D eigenvalue weighted by molar-refractivity contribution is 7.80. The first-order chi connectivity index (χ1) is 6.39. The van der Waals surface area contributed by atoms with Crippen LogP contribution >= 0.6 is 12.2 Å². The fraction of sp³-hybridized carbons (Fsp3) is 0.364. The van der Waals surface area contributed by atoms with Crippen LogP contribution in [0.15, 0.2) is 24.3 Å². The summed E-state index contributed by atoms with van der Waals surface area (Å²) in [6.07, 6.45) is 0. The van der Waals surface area contributed by atoms with Gasteiger partial charge in [-0.1, -0.05) is 33.0 Å². The fourth-order valence-electron chi connectivity index (χ4n) is 0.852. The van der Waals surface area contributed by atoms with Crippen molar-refractivity contribution in [2.45, 2.75) is 20.8 Å². The number of halogens is 2. The first kappa shape index (κ1) is 14.0. The van der Waals surface area contributed by atoms with Gasteiger partial charge in [0.1, 0.15) is 5.82 Å². The summed E-state index contributed by atoms with van der Waals surface area (Å²) in [5.41, 5.74) is 0.760. The van der Waals surface area contributed by atoms with Crippen molar-refractivity contribution in [1.82, 2.24) is 0 Å². The zero-order chi connectivity index (χ0) is 10.8. The van der Waals surface area contributed by atoms with E-state index in [1.807, 2.05) is 20.8 Å². The van der Waals surface area contributed by atoms with Gasteiger partial charge in [0.2, 0.25) is 0 Å². The fourth-order valence-corrected chi connectivity index (χ4v) is 0.970. The predicted octanol–water partition coefficient (Wildman–Crippen LogP) is 3.76. The average Bonchev–Trinajstić information content (AvgIpc) is 2.07. The zero-order valence-corrected chi connectivity index (χ0v) is 9.82. The van der Waals surface area contributed by atoms with Gasteiger partial charge in [-0.2, -0.15) is 0 Å². The Bertz CT molecular complexity index is 327. The van der Waals surface area contributed by atoms with Crippen LogP contribution in [0.1, 0.15) is 20.8 Å². The van der Waals surface area contributed by atoms with Gasteiger partial charge in [0.15, 0.2) is 0 Å². The Morgan fingerprint density at radius 3 is 2.07 bits per heavy atom. The number of nitrogens with one attached hydrogen (secondary N) is 1. The normalized spacial score (nSPS) is 10.4. The molecule has 1 N–H and O–H groups in total. The third-order valence-electron chi connectivity index (χ3n) is 1.78. The minimum atomic E-state index is -0.239. The lowest BCUT2D eigenvalue weighted by molar-refractivity contribution is 0.599. The molecule has 0 aromatic heterocycles. The highest BCUT2D eigenvalue weighted by Crippen LogP contribution is 2.18.